The molecule has 0 spiro atoms. The van der Waals surface area contributed by atoms with Gasteiger partial charge in [0, 0.05) is 18.7 Å². The highest BCUT2D eigenvalue weighted by Crippen LogP contribution is 2.21. The topological polar surface area (TPSA) is 61.4 Å². The summed E-state index contributed by atoms with van der Waals surface area (Å²) in [4.78, 5) is 10.9. The fourth-order valence-electron chi connectivity index (χ4n) is 0.924. The molecular formula is C10H20N2O2. The van der Waals surface area contributed by atoms with Crippen LogP contribution in [0.25, 0.3) is 0 Å². The van der Waals surface area contributed by atoms with Crippen molar-refractivity contribution in [2.75, 3.05) is 6.61 Å². The first-order valence-corrected chi connectivity index (χ1v) is 4.75. The number of carbonyl (C=O) groups excluding carboxylic acids is 1. The first-order valence-electron chi connectivity index (χ1n) is 4.75. The smallest absolute Gasteiger partial charge is 0.238 e. The van der Waals surface area contributed by atoms with E-state index in [-0.39, 0.29) is 17.9 Å². The zero-order valence-corrected chi connectivity index (χ0v) is 9.18. The molecule has 0 aliphatic carbocycles. The predicted molar refractivity (Wildman–Crippen MR) is 56.2 cm³/mol. The number of hydrogen-bond acceptors (Lipinski definition) is 3. The molecule has 4 heteroatoms. The summed E-state index contributed by atoms with van der Waals surface area (Å²) < 4.78 is 0. The van der Waals surface area contributed by atoms with Crippen LogP contribution in [-0.2, 0) is 4.79 Å². The molecular weight excluding hydrogens is 180 g/mol. The Labute approximate surface area is 85.4 Å². The number of aliphatic hydroxyl groups excluding tert-OH is 1. The maximum atomic E-state index is 10.9. The number of rotatable bonds is 6. The van der Waals surface area contributed by atoms with Gasteiger partial charge in [0.1, 0.15) is 0 Å². The maximum Gasteiger partial charge on any atom is 0.238 e. The molecule has 0 aromatic heterocycles. The second-order valence-corrected chi connectivity index (χ2v) is 4.13. The number of hydrazine groups is 1. The van der Waals surface area contributed by atoms with Gasteiger partial charge >= 0.3 is 0 Å². The number of amides is 1. The Kier molecular flexibility index (Phi) is 5.23. The highest BCUT2D eigenvalue weighted by molar-refractivity contribution is 5.75. The Balaban J connectivity index is 3.82. The molecule has 0 aliphatic heterocycles. The molecule has 0 fully saturated rings. The van der Waals surface area contributed by atoms with Gasteiger partial charge in [0.2, 0.25) is 5.91 Å². The molecule has 0 heterocycles. The molecule has 4 nitrogen and oxygen atoms in total. The molecule has 0 saturated carbocycles. The lowest BCUT2D eigenvalue weighted by Crippen LogP contribution is -2.37. The lowest BCUT2D eigenvalue weighted by atomic mass is 9.89. The van der Waals surface area contributed by atoms with Crippen molar-refractivity contribution >= 4 is 5.91 Å². The van der Waals surface area contributed by atoms with E-state index in [2.05, 4.69) is 17.4 Å². The van der Waals surface area contributed by atoms with Gasteiger partial charge in [-0.1, -0.05) is 27.4 Å². The van der Waals surface area contributed by atoms with Crippen molar-refractivity contribution in [3.8, 4) is 0 Å². The van der Waals surface area contributed by atoms with Crippen LogP contribution in [0.4, 0.5) is 0 Å². The van der Waals surface area contributed by atoms with Crippen LogP contribution in [0.15, 0.2) is 12.3 Å². The Morgan fingerprint density at radius 3 is 2.43 bits per heavy atom. The quantitative estimate of drug-likeness (QED) is 0.559. The second-order valence-electron chi connectivity index (χ2n) is 4.13. The van der Waals surface area contributed by atoms with Gasteiger partial charge in [-0.15, -0.1) is 0 Å². The van der Waals surface area contributed by atoms with E-state index in [1.54, 1.807) is 6.92 Å². The maximum absolute atomic E-state index is 10.9. The van der Waals surface area contributed by atoms with Crippen LogP contribution in [-0.4, -0.2) is 17.6 Å². The molecule has 0 saturated heterocycles. The van der Waals surface area contributed by atoms with Crippen molar-refractivity contribution in [3.05, 3.63) is 12.3 Å². The van der Waals surface area contributed by atoms with E-state index < -0.39 is 0 Å². The number of hydrogen-bond donors (Lipinski definition) is 3. The normalized spacial score (nSPS) is 10.9. The molecule has 3 N–H and O–H groups in total. The van der Waals surface area contributed by atoms with Crippen molar-refractivity contribution in [1.29, 1.82) is 0 Å². The average Bonchev–Trinajstić information content (AvgIpc) is 2.13. The largest absolute Gasteiger partial charge is 0.396 e. The van der Waals surface area contributed by atoms with Gasteiger partial charge in [-0.2, -0.15) is 0 Å². The minimum atomic E-state index is -0.207. The molecule has 0 aliphatic rings. The summed E-state index contributed by atoms with van der Waals surface area (Å²) in [5, 5.41) is 9.01. The summed E-state index contributed by atoms with van der Waals surface area (Å²) in [7, 11) is 0. The van der Waals surface area contributed by atoms with Crippen molar-refractivity contribution in [2.45, 2.75) is 33.6 Å². The fraction of sp³-hybridized carbons (Fsp3) is 0.700. The molecule has 0 bridgehead atoms. The Morgan fingerprint density at radius 1 is 1.43 bits per heavy atom. The molecule has 0 aromatic carbocycles. The van der Waals surface area contributed by atoms with Crippen molar-refractivity contribution in [3.63, 3.8) is 0 Å². The van der Waals surface area contributed by atoms with Gasteiger partial charge in [0.25, 0.3) is 0 Å². The monoisotopic (exact) mass is 200 g/mol. The lowest BCUT2D eigenvalue weighted by Gasteiger charge is -2.23. The summed E-state index contributed by atoms with van der Waals surface area (Å²) in [5.74, 6) is -0.0760. The molecule has 0 unspecified atom stereocenters. The van der Waals surface area contributed by atoms with Crippen LogP contribution in [0.3, 0.4) is 0 Å². The third-order valence-corrected chi connectivity index (χ3v) is 1.82. The summed E-state index contributed by atoms with van der Waals surface area (Å²) in [6.07, 6.45) is 1.05. The first-order chi connectivity index (χ1) is 6.41. The summed E-state index contributed by atoms with van der Waals surface area (Å²) >= 11 is 0. The lowest BCUT2D eigenvalue weighted by molar-refractivity contribution is -0.121. The predicted octanol–water partition coefficient (Wildman–Crippen LogP) is 0.939. The van der Waals surface area contributed by atoms with Crippen LogP contribution in [0.1, 0.15) is 33.6 Å². The van der Waals surface area contributed by atoms with Crippen LogP contribution < -0.4 is 10.9 Å². The van der Waals surface area contributed by atoms with Crippen molar-refractivity contribution in [1.82, 2.24) is 10.9 Å². The number of allylic oxidation sites excluding steroid dienone is 1. The van der Waals surface area contributed by atoms with E-state index >= 15 is 0 Å². The zero-order chi connectivity index (χ0) is 11.2. The van der Waals surface area contributed by atoms with Gasteiger partial charge in [-0.3, -0.25) is 10.2 Å². The zero-order valence-electron chi connectivity index (χ0n) is 9.18. The SMILES string of the molecule is C=C(CC(C)(C)CO)NNC(=O)CC. The van der Waals surface area contributed by atoms with Crippen molar-refractivity contribution in [2.24, 2.45) is 5.41 Å². The van der Waals surface area contributed by atoms with Crippen LogP contribution in [0, 0.1) is 5.41 Å². The highest BCUT2D eigenvalue weighted by atomic mass is 16.3. The van der Waals surface area contributed by atoms with Gasteiger partial charge < -0.3 is 10.5 Å². The number of aliphatic hydroxyl groups is 1. The van der Waals surface area contributed by atoms with E-state index in [4.69, 9.17) is 5.11 Å². The van der Waals surface area contributed by atoms with Gasteiger partial charge in [0.15, 0.2) is 0 Å². The van der Waals surface area contributed by atoms with E-state index in [1.165, 1.54) is 0 Å². The standard InChI is InChI=1S/C10H20N2O2/c1-5-9(14)12-11-8(2)6-10(3,4)7-13/h11,13H,2,5-7H2,1,3-4H3,(H,12,14). The summed E-state index contributed by atoms with van der Waals surface area (Å²) in [6, 6.07) is 0. The third kappa shape index (κ3) is 5.59. The Morgan fingerprint density at radius 2 is 2.00 bits per heavy atom. The molecule has 0 atom stereocenters. The Bertz CT molecular complexity index is 212. The van der Waals surface area contributed by atoms with E-state index in [1.807, 2.05) is 13.8 Å². The van der Waals surface area contributed by atoms with Gasteiger partial charge in [-0.25, -0.2) is 0 Å². The molecule has 0 aromatic rings. The summed E-state index contributed by atoms with van der Waals surface area (Å²) in [6.45, 7) is 9.49. The average molecular weight is 200 g/mol. The summed E-state index contributed by atoms with van der Waals surface area (Å²) in [5.41, 5.74) is 5.72. The van der Waals surface area contributed by atoms with E-state index in [9.17, 15) is 4.79 Å². The molecule has 82 valence electrons. The minimum Gasteiger partial charge on any atom is -0.396 e. The second kappa shape index (κ2) is 5.65. The minimum absolute atomic E-state index is 0.0760. The third-order valence-electron chi connectivity index (χ3n) is 1.82. The molecule has 1 amide bonds. The van der Waals surface area contributed by atoms with Crippen LogP contribution >= 0.6 is 0 Å². The molecule has 0 rings (SSSR count). The van der Waals surface area contributed by atoms with Gasteiger partial charge in [-0.05, 0) is 11.8 Å². The first kappa shape index (κ1) is 13.0. The highest BCUT2D eigenvalue weighted by Gasteiger charge is 2.17. The number of nitrogens with one attached hydrogen (secondary N) is 2. The van der Waals surface area contributed by atoms with E-state index in [0.717, 1.165) is 0 Å². The van der Waals surface area contributed by atoms with Gasteiger partial charge in [0.05, 0.1) is 0 Å². The fourth-order valence-corrected chi connectivity index (χ4v) is 0.924. The van der Waals surface area contributed by atoms with Crippen molar-refractivity contribution < 1.29 is 9.90 Å². The van der Waals surface area contributed by atoms with Crippen LogP contribution in [0.5, 0.6) is 0 Å². The number of carbonyl (C=O) groups is 1. The molecule has 14 heavy (non-hydrogen) atoms. The Hall–Kier alpha value is -1.03. The molecule has 0 radical (unpaired) electrons. The van der Waals surface area contributed by atoms with Crippen LogP contribution in [0.2, 0.25) is 0 Å². The van der Waals surface area contributed by atoms with E-state index in [0.29, 0.717) is 18.5 Å².